The molecule has 0 bridgehead atoms. The van der Waals surface area contributed by atoms with Gasteiger partial charge in [-0.15, -0.1) is 0 Å². The van der Waals surface area contributed by atoms with Gasteiger partial charge in [0.2, 0.25) is 0 Å². The van der Waals surface area contributed by atoms with Gasteiger partial charge in [-0.2, -0.15) is 0 Å². The molecule has 0 saturated carbocycles. The summed E-state index contributed by atoms with van der Waals surface area (Å²) in [5, 5.41) is 0.0993. The molecule has 1 heterocycles. The Balaban J connectivity index is 2.52. The lowest BCUT2D eigenvalue weighted by Gasteiger charge is -2.06. The first kappa shape index (κ1) is 13.8. The summed E-state index contributed by atoms with van der Waals surface area (Å²) in [4.78, 5) is 7.91. The number of halogens is 4. The highest BCUT2D eigenvalue weighted by Crippen LogP contribution is 2.24. The Bertz CT molecular complexity index is 599. The average Bonchev–Trinajstić information content (AvgIpc) is 2.35. The molecule has 19 heavy (non-hydrogen) atoms. The van der Waals surface area contributed by atoms with Crippen molar-refractivity contribution in [3.63, 3.8) is 0 Å². The number of ether oxygens (including phenoxy) is 1. The van der Waals surface area contributed by atoms with Gasteiger partial charge in [-0.05, 0) is 12.1 Å². The second-order valence-corrected chi connectivity index (χ2v) is 4.07. The van der Waals surface area contributed by atoms with Gasteiger partial charge in [-0.25, -0.2) is 23.1 Å². The standard InChI is InChI=1S/C12H8ClF3N2O/c1-19-5-11-17-9(4-10(13)18-11)6-2-7(14)12(16)8(15)3-6/h2-4H,5H2,1H3. The predicted molar refractivity (Wildman–Crippen MR) is 63.1 cm³/mol. The molecule has 0 N–H and O–H groups in total. The molecule has 0 spiro atoms. The number of nitrogens with zero attached hydrogens (tertiary/aromatic N) is 2. The summed E-state index contributed by atoms with van der Waals surface area (Å²) in [6.07, 6.45) is 0. The number of aromatic nitrogens is 2. The van der Waals surface area contributed by atoms with Crippen molar-refractivity contribution in [2.24, 2.45) is 0 Å². The van der Waals surface area contributed by atoms with Crippen LogP contribution in [0.4, 0.5) is 13.2 Å². The summed E-state index contributed by atoms with van der Waals surface area (Å²) < 4.78 is 44.0. The van der Waals surface area contributed by atoms with E-state index in [-0.39, 0.29) is 28.8 Å². The minimum absolute atomic E-state index is 0.0676. The molecule has 2 aromatic rings. The molecular weight excluding hydrogens is 281 g/mol. The predicted octanol–water partition coefficient (Wildman–Crippen LogP) is 3.36. The summed E-state index contributed by atoms with van der Waals surface area (Å²) in [6, 6.07) is 3.01. The van der Waals surface area contributed by atoms with Crippen LogP contribution in [0.3, 0.4) is 0 Å². The number of methoxy groups -OCH3 is 1. The maximum atomic E-state index is 13.2. The summed E-state index contributed by atoms with van der Waals surface area (Å²) in [5.41, 5.74) is 0.253. The topological polar surface area (TPSA) is 35.0 Å². The SMILES string of the molecule is COCc1nc(Cl)cc(-c2cc(F)c(F)c(F)c2)n1. The van der Waals surface area contributed by atoms with Crippen molar-refractivity contribution in [2.45, 2.75) is 6.61 Å². The van der Waals surface area contributed by atoms with Crippen LogP contribution < -0.4 is 0 Å². The minimum atomic E-state index is -1.53. The Kier molecular flexibility index (Phi) is 4.01. The van der Waals surface area contributed by atoms with E-state index in [0.29, 0.717) is 0 Å². The molecule has 0 fully saturated rings. The van der Waals surface area contributed by atoms with Crippen molar-refractivity contribution in [1.82, 2.24) is 9.97 Å². The monoisotopic (exact) mass is 288 g/mol. The first-order valence-electron chi connectivity index (χ1n) is 5.18. The van der Waals surface area contributed by atoms with E-state index in [1.807, 2.05) is 0 Å². The van der Waals surface area contributed by atoms with Gasteiger partial charge < -0.3 is 4.74 Å². The van der Waals surface area contributed by atoms with Gasteiger partial charge in [0.25, 0.3) is 0 Å². The van der Waals surface area contributed by atoms with Crippen LogP contribution in [0.1, 0.15) is 5.82 Å². The highest BCUT2D eigenvalue weighted by Gasteiger charge is 2.13. The summed E-state index contributed by atoms with van der Waals surface area (Å²) in [5.74, 6) is -3.85. The van der Waals surface area contributed by atoms with Gasteiger partial charge in [-0.3, -0.25) is 0 Å². The Morgan fingerprint density at radius 3 is 2.32 bits per heavy atom. The Hall–Kier alpha value is -1.66. The van der Waals surface area contributed by atoms with E-state index in [4.69, 9.17) is 16.3 Å². The van der Waals surface area contributed by atoms with Gasteiger partial charge in [0.05, 0.1) is 5.69 Å². The van der Waals surface area contributed by atoms with E-state index in [2.05, 4.69) is 9.97 Å². The van der Waals surface area contributed by atoms with Gasteiger partial charge >= 0.3 is 0 Å². The van der Waals surface area contributed by atoms with E-state index in [1.165, 1.54) is 13.2 Å². The quantitative estimate of drug-likeness (QED) is 0.642. The number of rotatable bonds is 3. The molecule has 3 nitrogen and oxygen atoms in total. The van der Waals surface area contributed by atoms with E-state index < -0.39 is 17.5 Å². The Morgan fingerprint density at radius 2 is 1.74 bits per heavy atom. The third kappa shape index (κ3) is 3.02. The van der Waals surface area contributed by atoms with E-state index >= 15 is 0 Å². The van der Waals surface area contributed by atoms with Gasteiger partial charge in [0.1, 0.15) is 11.8 Å². The summed E-state index contributed by atoms with van der Waals surface area (Å²) in [6.45, 7) is 0.0969. The van der Waals surface area contributed by atoms with Crippen LogP contribution in [0, 0.1) is 17.5 Å². The van der Waals surface area contributed by atoms with Gasteiger partial charge in [-0.1, -0.05) is 11.6 Å². The molecule has 0 aliphatic heterocycles. The number of hydrogen-bond acceptors (Lipinski definition) is 3. The maximum Gasteiger partial charge on any atom is 0.194 e. The first-order chi connectivity index (χ1) is 9.01. The largest absolute Gasteiger partial charge is 0.377 e. The van der Waals surface area contributed by atoms with Crippen molar-refractivity contribution >= 4 is 11.6 Å². The maximum absolute atomic E-state index is 13.2. The lowest BCUT2D eigenvalue weighted by Crippen LogP contribution is -2.00. The van der Waals surface area contributed by atoms with Crippen molar-refractivity contribution in [3.8, 4) is 11.3 Å². The zero-order chi connectivity index (χ0) is 14.0. The molecule has 0 atom stereocenters. The van der Waals surface area contributed by atoms with Crippen LogP contribution in [-0.2, 0) is 11.3 Å². The van der Waals surface area contributed by atoms with Crippen LogP contribution in [0.2, 0.25) is 5.15 Å². The molecule has 7 heteroatoms. The zero-order valence-electron chi connectivity index (χ0n) is 9.75. The van der Waals surface area contributed by atoms with Crippen LogP contribution in [0.15, 0.2) is 18.2 Å². The van der Waals surface area contributed by atoms with Gasteiger partial charge in [0.15, 0.2) is 23.3 Å². The molecule has 0 saturated heterocycles. The van der Waals surface area contributed by atoms with Crippen LogP contribution in [-0.4, -0.2) is 17.1 Å². The molecule has 0 aliphatic rings. The van der Waals surface area contributed by atoms with Crippen molar-refractivity contribution < 1.29 is 17.9 Å². The van der Waals surface area contributed by atoms with Crippen LogP contribution in [0.5, 0.6) is 0 Å². The smallest absolute Gasteiger partial charge is 0.194 e. The van der Waals surface area contributed by atoms with Crippen molar-refractivity contribution in [3.05, 3.63) is 46.6 Å². The Morgan fingerprint density at radius 1 is 1.11 bits per heavy atom. The third-order valence-electron chi connectivity index (χ3n) is 2.29. The third-order valence-corrected chi connectivity index (χ3v) is 2.49. The second-order valence-electron chi connectivity index (χ2n) is 3.68. The molecule has 100 valence electrons. The average molecular weight is 289 g/mol. The molecule has 2 rings (SSSR count). The van der Waals surface area contributed by atoms with Crippen molar-refractivity contribution in [1.29, 1.82) is 0 Å². The fourth-order valence-electron chi connectivity index (χ4n) is 1.51. The summed E-state index contributed by atoms with van der Waals surface area (Å²) in [7, 11) is 1.45. The van der Waals surface area contributed by atoms with E-state index in [1.54, 1.807) is 0 Å². The van der Waals surface area contributed by atoms with Crippen LogP contribution in [0.25, 0.3) is 11.3 Å². The van der Waals surface area contributed by atoms with Gasteiger partial charge in [0, 0.05) is 18.7 Å². The normalized spacial score (nSPS) is 10.8. The number of benzene rings is 1. The lowest BCUT2D eigenvalue weighted by molar-refractivity contribution is 0.178. The zero-order valence-corrected chi connectivity index (χ0v) is 10.5. The number of hydrogen-bond donors (Lipinski definition) is 0. The highest BCUT2D eigenvalue weighted by molar-refractivity contribution is 6.29. The van der Waals surface area contributed by atoms with E-state index in [0.717, 1.165) is 12.1 Å². The molecule has 0 aliphatic carbocycles. The highest BCUT2D eigenvalue weighted by atomic mass is 35.5. The molecule has 1 aromatic carbocycles. The Labute approximate surface area is 112 Å². The first-order valence-corrected chi connectivity index (χ1v) is 5.56. The second kappa shape index (κ2) is 5.54. The fraction of sp³-hybridized carbons (Fsp3) is 0.167. The van der Waals surface area contributed by atoms with Crippen molar-refractivity contribution in [2.75, 3.05) is 7.11 Å². The molecular formula is C12H8ClF3N2O. The summed E-state index contributed by atoms with van der Waals surface area (Å²) >= 11 is 5.78. The molecule has 0 radical (unpaired) electrons. The molecule has 1 aromatic heterocycles. The molecule has 0 amide bonds. The van der Waals surface area contributed by atoms with E-state index in [9.17, 15) is 13.2 Å². The minimum Gasteiger partial charge on any atom is -0.377 e. The van der Waals surface area contributed by atoms with Crippen LogP contribution >= 0.6 is 11.6 Å². The molecule has 0 unspecified atom stereocenters. The fourth-order valence-corrected chi connectivity index (χ4v) is 1.71. The lowest BCUT2D eigenvalue weighted by atomic mass is 10.1.